The zero-order valence-electron chi connectivity index (χ0n) is 79.6. The second-order valence-corrected chi connectivity index (χ2v) is 36.1. The standard InChI is InChI=1S/C30H24FN3O2.C28H25FN2O3.2C27H21FN4O2/c1-18-13-23(7-8-25(18)31)34-26-15-22-17-33-16-21(22)14-24(26)27(19-3-5-20(6-4-19)29(35)36)28(34)30(11-12-32)9-2-10-30;1-2-23(29)4-3-11-31-25-15-22-17-30-16-21(22)14-24(25)26(27(31)19-9-12-34-13-10-19)18-5-7-20(8-6-18)28(32)33;2*1-27(2,11-12-29)25-24(16-3-5-17(6-4-16)26(33)34)21-13-18-15-30-31-22(18)14-23(21)32(25)20-9-7-19(28)8-10-20/h3-8,13-15,17H,2,9-11,16H2,1H3,(H,35,36);2-8,11,14-15,17,19H,1,9-10,12-13,16H2,(H,32,33);3-10,13-14H,11,15H2,1-2H3,(H,33,34);3-10,13-15H,11H2,1-2H3,(H,30,31)(H,33,34)/b;11-3+,23-4+;;/i;1+1,2+1,3+1,4+1,5D,6D,7D,8D,11+1,23+1;;. The number of aromatic nitrogens is 6. The van der Waals surface area contributed by atoms with E-state index in [-0.39, 0.29) is 63.9 Å². The maximum Gasteiger partial charge on any atom is 0.335 e. The zero-order chi connectivity index (χ0) is 100. The van der Waals surface area contributed by atoms with E-state index >= 15 is 0 Å². The summed E-state index contributed by atoms with van der Waals surface area (Å²) in [7, 11) is 0. The van der Waals surface area contributed by atoms with Crippen LogP contribution in [0.2, 0.25) is 0 Å². The zero-order valence-corrected chi connectivity index (χ0v) is 75.6. The molecular weight excluding hydrogens is 1750 g/mol. The molecule has 5 N–H and O–H groups in total. The van der Waals surface area contributed by atoms with Gasteiger partial charge in [0.2, 0.25) is 0 Å². The van der Waals surface area contributed by atoms with E-state index in [1.54, 1.807) is 123 Å². The Bertz CT molecular complexity index is 8190. The number of carboxylic acids is 4. The summed E-state index contributed by atoms with van der Waals surface area (Å²) in [6.07, 6.45) is 16.1. The minimum absolute atomic E-state index is 0.0373. The highest BCUT2D eigenvalue weighted by Gasteiger charge is 2.45. The molecule has 4 aliphatic heterocycles. The van der Waals surface area contributed by atoms with E-state index in [2.05, 4.69) is 87.1 Å². The van der Waals surface area contributed by atoms with Crippen LogP contribution < -0.4 is 0 Å². The molecule has 0 bridgehead atoms. The third kappa shape index (κ3) is 17.3. The Hall–Kier alpha value is -16.8. The van der Waals surface area contributed by atoms with Crippen molar-refractivity contribution in [2.45, 2.75) is 128 Å². The number of aliphatic imine (C=N–C) groups is 2. The lowest BCUT2D eigenvalue weighted by Gasteiger charge is -2.42. The van der Waals surface area contributed by atoms with Crippen LogP contribution >= 0.6 is 0 Å². The molecule has 9 heterocycles. The summed E-state index contributed by atoms with van der Waals surface area (Å²) >= 11 is 0. The largest absolute Gasteiger partial charge is 0.478 e. The first-order valence-electron chi connectivity index (χ1n) is 46.8. The maximum atomic E-state index is 14.3. The van der Waals surface area contributed by atoms with Gasteiger partial charge in [0.25, 0.3) is 0 Å². The second kappa shape index (κ2) is 37.6. The molecule has 1 saturated carbocycles. The summed E-state index contributed by atoms with van der Waals surface area (Å²) in [6, 6.07) is 59.4. The highest BCUT2D eigenvalue weighted by molar-refractivity contribution is 6.09. The molecule has 686 valence electrons. The van der Waals surface area contributed by atoms with Crippen molar-refractivity contribution in [3.63, 3.8) is 0 Å². The lowest BCUT2D eigenvalue weighted by Crippen LogP contribution is -2.36. The summed E-state index contributed by atoms with van der Waals surface area (Å²) in [4.78, 5) is 54.9. The number of carbonyl (C=O) groups is 4. The van der Waals surface area contributed by atoms with Crippen molar-refractivity contribution in [2.75, 3.05) is 13.2 Å². The lowest BCUT2D eigenvalue weighted by atomic mass is 9.63. The van der Waals surface area contributed by atoms with Crippen molar-refractivity contribution >= 4 is 103 Å². The predicted molar refractivity (Wildman–Crippen MR) is 526 cm³/mol. The molecule has 0 amide bonds. The average molecular weight is 1850 g/mol. The fourth-order valence-corrected chi connectivity index (χ4v) is 19.5. The first kappa shape index (κ1) is 86.6. The number of nitrogens with one attached hydrogen (secondary N) is 1. The molecular formula is C112H91F4N13O9. The molecule has 5 aliphatic rings. The first-order valence-corrected chi connectivity index (χ1v) is 44.8. The number of carboxylic acid groups (broad SMARTS) is 4. The van der Waals surface area contributed by atoms with E-state index in [0.29, 0.717) is 68.6 Å². The SMILES string of the molecule is CC(C)(CC#N)c1c(-c2ccc(C(=O)O)cc2)c2cc3c(cc2n1-c1ccc(F)cc1)N=NC3.CC(C)(CC#N)c1c(-c2ccc(C(=O)O)cc2)c2cc3cn[nH]c3cc2n1-c1ccc(F)cc1.Cc1cc(-n2c(C3(CC#N)CCC3)c(-c3ccc(C(=O)O)cc3)c3cc4c(cc32)C=NC4)ccc1F.[2H]c1c([2H])c(-c2c(C3CCOCC3)n(/[13CH]=[13CH]/[13CH]=[13C](/F)[13CH]=[13CH2])c3cc4c(cc23)CN=C4)c([2H])c([2H])c1C(=O)O. The van der Waals surface area contributed by atoms with Crippen LogP contribution in [-0.2, 0) is 40.6 Å². The van der Waals surface area contributed by atoms with Gasteiger partial charge in [-0.05, 0) is 265 Å². The number of hydrogen-bond donors (Lipinski definition) is 5. The Labute approximate surface area is 796 Å². The number of aromatic amines is 1. The maximum absolute atomic E-state index is 14.3. The minimum atomic E-state index is -1.52. The Balaban J connectivity index is 0.000000125. The minimum Gasteiger partial charge on any atom is -0.478 e. The summed E-state index contributed by atoms with van der Waals surface area (Å²) in [5.74, 6) is -5.98. The molecule has 0 radical (unpaired) electrons. The summed E-state index contributed by atoms with van der Waals surface area (Å²) in [5, 5.41) is 87.0. The van der Waals surface area contributed by atoms with Gasteiger partial charge >= 0.3 is 23.9 Å². The highest BCUT2D eigenvalue weighted by atomic mass is 19.2. The summed E-state index contributed by atoms with van der Waals surface area (Å²) < 4.78 is 104. The molecule has 11 aromatic carbocycles. The monoisotopic (exact) mass is 1850 g/mol. The van der Waals surface area contributed by atoms with Gasteiger partial charge in [-0.2, -0.15) is 31.1 Å². The number of aromatic carboxylic acids is 4. The van der Waals surface area contributed by atoms with E-state index in [1.165, 1.54) is 36.4 Å². The number of aryl methyl sites for hydroxylation is 1. The van der Waals surface area contributed by atoms with Crippen LogP contribution in [0.4, 0.5) is 23.2 Å². The number of allylic oxidation sites excluding steroid dienone is 4. The van der Waals surface area contributed by atoms with Gasteiger partial charge in [0, 0.05) is 168 Å². The number of halogens is 4. The predicted octanol–water partition coefficient (Wildman–Crippen LogP) is 26.2. The quantitative estimate of drug-likeness (QED) is 0.0254. The molecule has 26 heteroatoms. The van der Waals surface area contributed by atoms with Crippen molar-refractivity contribution in [3.05, 3.63) is 345 Å². The number of fused-ring (bicyclic) bond motifs is 8. The summed E-state index contributed by atoms with van der Waals surface area (Å²) in [6.45, 7) is 15.8. The van der Waals surface area contributed by atoms with Crippen LogP contribution in [0.3, 0.4) is 0 Å². The van der Waals surface area contributed by atoms with Crippen LogP contribution in [-0.4, -0.2) is 98.4 Å². The van der Waals surface area contributed by atoms with Gasteiger partial charge < -0.3 is 43.4 Å². The van der Waals surface area contributed by atoms with Gasteiger partial charge in [0.15, 0.2) is 0 Å². The average Bonchev–Trinajstić information content (AvgIpc) is 1.55. The van der Waals surface area contributed by atoms with Crippen LogP contribution in [0.1, 0.15) is 188 Å². The molecule has 1 saturated heterocycles. The molecule has 5 aromatic heterocycles. The van der Waals surface area contributed by atoms with Gasteiger partial charge in [-0.25, -0.2) is 36.7 Å². The van der Waals surface area contributed by atoms with Crippen molar-refractivity contribution < 1.29 is 67.4 Å². The Morgan fingerprint density at radius 2 is 1.04 bits per heavy atom. The van der Waals surface area contributed by atoms with Crippen LogP contribution in [0, 0.1) is 58.4 Å². The van der Waals surface area contributed by atoms with Gasteiger partial charge in [-0.3, -0.25) is 15.1 Å². The number of H-pyrrole nitrogens is 1. The molecule has 22 nitrogen and oxygen atoms in total. The number of hydrogen-bond acceptors (Lipinski definition) is 13. The fourth-order valence-electron chi connectivity index (χ4n) is 19.5. The van der Waals surface area contributed by atoms with E-state index in [1.807, 2.05) is 87.0 Å². The molecule has 138 heavy (non-hydrogen) atoms. The number of nitrogens with zero attached hydrogens (tertiary/aromatic N) is 12. The van der Waals surface area contributed by atoms with E-state index < -0.39 is 70.3 Å². The number of rotatable bonds is 21. The van der Waals surface area contributed by atoms with Crippen molar-refractivity contribution in [1.29, 1.82) is 15.8 Å². The molecule has 21 rings (SSSR count). The van der Waals surface area contributed by atoms with E-state index in [9.17, 15) is 73.0 Å². The van der Waals surface area contributed by atoms with Gasteiger partial charge in [-0.15, -0.1) is 0 Å². The topological polar surface area (TPSA) is 328 Å². The van der Waals surface area contributed by atoms with Crippen molar-refractivity contribution in [3.8, 4) is 79.8 Å². The Morgan fingerprint density at radius 1 is 0.558 bits per heavy atom. The third-order valence-electron chi connectivity index (χ3n) is 26.4. The van der Waals surface area contributed by atoms with Crippen LogP contribution in [0.15, 0.2) is 269 Å². The lowest BCUT2D eigenvalue weighted by molar-refractivity contribution is 0.0686. The highest BCUT2D eigenvalue weighted by Crippen LogP contribution is 2.55. The number of nitriles is 3. The van der Waals surface area contributed by atoms with E-state index in [0.717, 1.165) is 181 Å². The second-order valence-electron chi connectivity index (χ2n) is 36.1. The molecule has 0 unspecified atom stereocenters. The molecule has 16 aromatic rings. The smallest absolute Gasteiger partial charge is 0.335 e. The number of ether oxygens (including phenoxy) is 1. The van der Waals surface area contributed by atoms with Crippen LogP contribution in [0.25, 0.3) is 122 Å². The van der Waals surface area contributed by atoms with Gasteiger partial charge in [-0.1, -0.05) is 89.2 Å². The fraction of sp³-hybridized carbons (Fsp3) is 0.196. The molecule has 0 spiro atoms. The Morgan fingerprint density at radius 3 is 1.54 bits per heavy atom. The third-order valence-corrected chi connectivity index (χ3v) is 26.4. The van der Waals surface area contributed by atoms with Gasteiger partial charge in [0.05, 0.1) is 105 Å². The van der Waals surface area contributed by atoms with E-state index in [4.69, 9.17) is 10.2 Å². The number of benzene rings is 11. The van der Waals surface area contributed by atoms with Gasteiger partial charge in [0.1, 0.15) is 23.3 Å². The van der Waals surface area contributed by atoms with Crippen molar-refractivity contribution in [1.82, 2.24) is 28.5 Å². The molecule has 0 atom stereocenters. The van der Waals surface area contributed by atoms with Crippen molar-refractivity contribution in [2.24, 2.45) is 20.2 Å². The summed E-state index contributed by atoms with van der Waals surface area (Å²) in [5.41, 5.74) is 21.0. The van der Waals surface area contributed by atoms with Crippen LogP contribution in [0.5, 0.6) is 0 Å². The molecule has 1 aliphatic carbocycles. The number of azo groups is 1. The Kier molecular flexibility index (Phi) is 23.6. The normalized spacial score (nSPS) is 14.5. The molecule has 2 fully saturated rings. The first-order chi connectivity index (χ1) is 68.2.